The quantitative estimate of drug-likeness (QED) is 0.553. The maximum atomic E-state index is 12.2. The van der Waals surface area contributed by atoms with E-state index in [1.807, 2.05) is 36.4 Å². The molecule has 0 radical (unpaired) electrons. The molecule has 8 heteroatoms. The molecule has 0 saturated carbocycles. The third kappa shape index (κ3) is 9.51. The number of rotatable bonds is 9. The predicted octanol–water partition coefficient (Wildman–Crippen LogP) is 3.41. The maximum Gasteiger partial charge on any atom is 0.407 e. The van der Waals surface area contributed by atoms with Crippen LogP contribution in [0, 0.1) is 0 Å². The summed E-state index contributed by atoms with van der Waals surface area (Å²) in [6, 6.07) is 14.6. The lowest BCUT2D eigenvalue weighted by molar-refractivity contribution is -0.121. The highest BCUT2D eigenvalue weighted by molar-refractivity contribution is 5.92. The maximum absolute atomic E-state index is 12.2. The van der Waals surface area contributed by atoms with Gasteiger partial charge in [0.05, 0.1) is 13.5 Å². The molecular weight excluding hydrogens is 410 g/mol. The second kappa shape index (κ2) is 11.7. The highest BCUT2D eigenvalue weighted by Crippen LogP contribution is 2.14. The molecule has 0 bridgehead atoms. The van der Waals surface area contributed by atoms with Crippen molar-refractivity contribution in [1.82, 2.24) is 10.6 Å². The smallest absolute Gasteiger partial charge is 0.407 e. The zero-order chi connectivity index (χ0) is 23.6. The molecule has 0 unspecified atom stereocenters. The minimum absolute atomic E-state index is 0.117. The highest BCUT2D eigenvalue weighted by atomic mass is 16.6. The summed E-state index contributed by atoms with van der Waals surface area (Å²) in [6.07, 6.45) is -0.132. The second-order valence-electron chi connectivity index (χ2n) is 8.23. The Morgan fingerprint density at radius 3 is 2.06 bits per heavy atom. The van der Waals surface area contributed by atoms with Crippen molar-refractivity contribution in [3.8, 4) is 5.75 Å². The van der Waals surface area contributed by atoms with E-state index in [4.69, 9.17) is 9.47 Å². The van der Waals surface area contributed by atoms with Crippen molar-refractivity contribution in [1.29, 1.82) is 0 Å². The molecule has 0 aromatic heterocycles. The normalized spacial score (nSPS) is 10.8. The van der Waals surface area contributed by atoms with Gasteiger partial charge in [-0.1, -0.05) is 24.3 Å². The van der Waals surface area contributed by atoms with E-state index in [9.17, 15) is 14.4 Å². The van der Waals surface area contributed by atoms with Crippen molar-refractivity contribution in [3.05, 3.63) is 59.7 Å². The first-order chi connectivity index (χ1) is 15.1. The summed E-state index contributed by atoms with van der Waals surface area (Å²) in [4.78, 5) is 35.7. The molecule has 172 valence electrons. The van der Waals surface area contributed by atoms with Crippen LogP contribution in [0.1, 0.15) is 38.3 Å². The Kier molecular flexibility index (Phi) is 9.07. The van der Waals surface area contributed by atoms with Crippen molar-refractivity contribution in [2.75, 3.05) is 19.0 Å². The van der Waals surface area contributed by atoms with Crippen LogP contribution in [-0.2, 0) is 27.3 Å². The molecule has 2 aromatic carbocycles. The minimum atomic E-state index is -0.576. The largest absolute Gasteiger partial charge is 0.497 e. The SMILES string of the molecule is COc1ccc(CC(=O)Nc2ccc(CNC(=O)CCNC(=O)OC(C)(C)C)cc2)cc1. The second-order valence-corrected chi connectivity index (χ2v) is 8.23. The fourth-order valence-corrected chi connectivity index (χ4v) is 2.72. The number of hydrogen-bond acceptors (Lipinski definition) is 5. The molecule has 8 nitrogen and oxygen atoms in total. The van der Waals surface area contributed by atoms with Gasteiger partial charge in [-0.3, -0.25) is 9.59 Å². The van der Waals surface area contributed by atoms with Crippen LogP contribution in [0.5, 0.6) is 5.75 Å². The molecule has 0 aliphatic heterocycles. The average Bonchev–Trinajstić information content (AvgIpc) is 2.72. The molecule has 0 heterocycles. The van der Waals surface area contributed by atoms with Crippen LogP contribution in [0.15, 0.2) is 48.5 Å². The summed E-state index contributed by atoms with van der Waals surface area (Å²) < 4.78 is 10.2. The Bertz CT molecular complexity index is 903. The predicted molar refractivity (Wildman–Crippen MR) is 122 cm³/mol. The van der Waals surface area contributed by atoms with Crippen LogP contribution in [0.25, 0.3) is 0 Å². The van der Waals surface area contributed by atoms with E-state index in [-0.39, 0.29) is 31.2 Å². The van der Waals surface area contributed by atoms with E-state index in [2.05, 4.69) is 16.0 Å². The molecule has 3 amide bonds. The molecule has 0 atom stereocenters. The lowest BCUT2D eigenvalue weighted by Gasteiger charge is -2.19. The van der Waals surface area contributed by atoms with Gasteiger partial charge in [-0.2, -0.15) is 0 Å². The minimum Gasteiger partial charge on any atom is -0.497 e. The van der Waals surface area contributed by atoms with Gasteiger partial charge in [0.25, 0.3) is 0 Å². The molecular formula is C24H31N3O5. The van der Waals surface area contributed by atoms with Crippen molar-refractivity contribution >= 4 is 23.6 Å². The molecule has 32 heavy (non-hydrogen) atoms. The number of methoxy groups -OCH3 is 1. The van der Waals surface area contributed by atoms with Crippen molar-refractivity contribution in [2.45, 2.75) is 45.8 Å². The van der Waals surface area contributed by atoms with E-state index in [0.29, 0.717) is 12.2 Å². The van der Waals surface area contributed by atoms with Crippen LogP contribution < -0.4 is 20.7 Å². The third-order valence-electron chi connectivity index (χ3n) is 4.27. The average molecular weight is 442 g/mol. The van der Waals surface area contributed by atoms with Gasteiger partial charge in [0.2, 0.25) is 11.8 Å². The fraction of sp³-hybridized carbons (Fsp3) is 0.375. The monoisotopic (exact) mass is 441 g/mol. The Hall–Kier alpha value is -3.55. The summed E-state index contributed by atoms with van der Waals surface area (Å²) in [5.74, 6) is 0.447. The standard InChI is InChI=1S/C24H31N3O5/c1-24(2,3)32-23(30)25-14-13-21(28)26-16-18-5-9-19(10-6-18)27-22(29)15-17-7-11-20(31-4)12-8-17/h5-12H,13-16H2,1-4H3,(H,25,30)(H,26,28)(H,27,29). The van der Waals surface area contributed by atoms with Gasteiger partial charge in [0.15, 0.2) is 0 Å². The molecule has 0 aliphatic carbocycles. The van der Waals surface area contributed by atoms with E-state index in [1.165, 1.54) is 0 Å². The van der Waals surface area contributed by atoms with E-state index >= 15 is 0 Å². The Balaban J connectivity index is 1.70. The number of amides is 3. The third-order valence-corrected chi connectivity index (χ3v) is 4.27. The summed E-state index contributed by atoms with van der Waals surface area (Å²) in [6.45, 7) is 5.87. The number of carbonyl (C=O) groups is 3. The Labute approximate surface area is 188 Å². The lowest BCUT2D eigenvalue weighted by atomic mass is 10.1. The summed E-state index contributed by atoms with van der Waals surface area (Å²) in [5.41, 5.74) is 1.89. The van der Waals surface area contributed by atoms with Crippen LogP contribution in [0.2, 0.25) is 0 Å². The zero-order valence-corrected chi connectivity index (χ0v) is 19.0. The lowest BCUT2D eigenvalue weighted by Crippen LogP contribution is -2.35. The van der Waals surface area contributed by atoms with Crippen LogP contribution in [-0.4, -0.2) is 37.2 Å². The highest BCUT2D eigenvalue weighted by Gasteiger charge is 2.15. The summed E-state index contributed by atoms with van der Waals surface area (Å²) in [5, 5.41) is 8.20. The van der Waals surface area contributed by atoms with E-state index in [0.717, 1.165) is 16.9 Å². The van der Waals surface area contributed by atoms with Gasteiger partial charge in [-0.05, 0) is 56.2 Å². The number of ether oxygens (including phenoxy) is 2. The number of hydrogen-bond donors (Lipinski definition) is 3. The molecule has 0 fully saturated rings. The van der Waals surface area contributed by atoms with Gasteiger partial charge in [0.1, 0.15) is 11.4 Å². The van der Waals surface area contributed by atoms with Crippen molar-refractivity contribution in [2.24, 2.45) is 0 Å². The molecule has 2 rings (SSSR count). The zero-order valence-electron chi connectivity index (χ0n) is 19.0. The number of anilines is 1. The Morgan fingerprint density at radius 1 is 0.844 bits per heavy atom. The van der Waals surface area contributed by atoms with Gasteiger partial charge < -0.3 is 25.4 Å². The van der Waals surface area contributed by atoms with Crippen LogP contribution in [0.4, 0.5) is 10.5 Å². The molecule has 3 N–H and O–H groups in total. The first-order valence-electron chi connectivity index (χ1n) is 10.4. The summed E-state index contributed by atoms with van der Waals surface area (Å²) in [7, 11) is 1.60. The van der Waals surface area contributed by atoms with Gasteiger partial charge in [0, 0.05) is 25.2 Å². The number of nitrogens with one attached hydrogen (secondary N) is 3. The number of carbonyl (C=O) groups excluding carboxylic acids is 3. The fourth-order valence-electron chi connectivity index (χ4n) is 2.72. The number of alkyl carbamates (subject to hydrolysis) is 1. The first kappa shape index (κ1) is 24.7. The summed E-state index contributed by atoms with van der Waals surface area (Å²) >= 11 is 0. The Morgan fingerprint density at radius 2 is 1.47 bits per heavy atom. The van der Waals surface area contributed by atoms with E-state index in [1.54, 1.807) is 40.0 Å². The van der Waals surface area contributed by atoms with Gasteiger partial charge >= 0.3 is 6.09 Å². The van der Waals surface area contributed by atoms with Crippen molar-refractivity contribution < 1.29 is 23.9 Å². The molecule has 0 aliphatic rings. The van der Waals surface area contributed by atoms with Gasteiger partial charge in [-0.25, -0.2) is 4.79 Å². The first-order valence-corrected chi connectivity index (χ1v) is 10.4. The van der Waals surface area contributed by atoms with Gasteiger partial charge in [-0.15, -0.1) is 0 Å². The van der Waals surface area contributed by atoms with Crippen LogP contribution in [0.3, 0.4) is 0 Å². The van der Waals surface area contributed by atoms with E-state index < -0.39 is 11.7 Å². The van der Waals surface area contributed by atoms with Crippen LogP contribution >= 0.6 is 0 Å². The van der Waals surface area contributed by atoms with Crippen molar-refractivity contribution in [3.63, 3.8) is 0 Å². The molecule has 0 saturated heterocycles. The number of benzene rings is 2. The molecule has 0 spiro atoms. The topological polar surface area (TPSA) is 106 Å². The molecule has 2 aromatic rings.